The molecule has 0 unspecified atom stereocenters. The summed E-state index contributed by atoms with van der Waals surface area (Å²) >= 11 is 16.3. The van der Waals surface area contributed by atoms with Crippen LogP contribution in [0.1, 0.15) is 12.8 Å². The number of halogens is 2. The van der Waals surface area contributed by atoms with Gasteiger partial charge in [0.15, 0.2) is 5.11 Å². The van der Waals surface area contributed by atoms with Gasteiger partial charge in [0.05, 0.1) is 0 Å². The minimum atomic E-state index is -0.148. The molecule has 92 valence electrons. The van der Waals surface area contributed by atoms with Crippen molar-refractivity contribution in [1.82, 2.24) is 5.32 Å². The number of benzene rings is 1. The lowest BCUT2D eigenvalue weighted by atomic mass is 10.3. The van der Waals surface area contributed by atoms with Crippen molar-refractivity contribution in [2.45, 2.75) is 12.8 Å². The van der Waals surface area contributed by atoms with Crippen molar-refractivity contribution in [2.24, 2.45) is 0 Å². The van der Waals surface area contributed by atoms with Crippen molar-refractivity contribution in [2.75, 3.05) is 11.2 Å². The molecule has 1 rings (SSSR count). The predicted molar refractivity (Wildman–Crippen MR) is 75.8 cm³/mol. The first-order valence-corrected chi connectivity index (χ1v) is 6.36. The van der Waals surface area contributed by atoms with E-state index in [1.54, 1.807) is 18.2 Å². The second-order valence-electron chi connectivity index (χ2n) is 3.31. The number of alkyl halides is 1. The molecule has 0 saturated carbocycles. The maximum Gasteiger partial charge on any atom is 0.226 e. The summed E-state index contributed by atoms with van der Waals surface area (Å²) in [6.45, 7) is 0. The van der Waals surface area contributed by atoms with Crippen LogP contribution in [-0.4, -0.2) is 16.9 Å². The normalized spacial score (nSPS) is 9.76. The van der Waals surface area contributed by atoms with E-state index >= 15 is 0 Å². The Morgan fingerprint density at radius 2 is 2.18 bits per heavy atom. The molecule has 6 heteroatoms. The van der Waals surface area contributed by atoms with Gasteiger partial charge in [-0.3, -0.25) is 4.79 Å². The molecule has 3 nitrogen and oxygen atoms in total. The zero-order valence-corrected chi connectivity index (χ0v) is 11.3. The molecule has 17 heavy (non-hydrogen) atoms. The highest BCUT2D eigenvalue weighted by molar-refractivity contribution is 7.80. The van der Waals surface area contributed by atoms with Crippen molar-refractivity contribution < 1.29 is 4.79 Å². The second-order valence-corrected chi connectivity index (χ2v) is 4.53. The van der Waals surface area contributed by atoms with Gasteiger partial charge in [-0.2, -0.15) is 0 Å². The number of nitrogens with one attached hydrogen (secondary N) is 2. The maximum absolute atomic E-state index is 11.3. The zero-order valence-electron chi connectivity index (χ0n) is 9.00. The third kappa shape index (κ3) is 5.86. The van der Waals surface area contributed by atoms with Gasteiger partial charge in [0, 0.05) is 23.0 Å². The minimum Gasteiger partial charge on any atom is -0.332 e. The van der Waals surface area contributed by atoms with Crippen molar-refractivity contribution in [3.63, 3.8) is 0 Å². The van der Waals surface area contributed by atoms with Gasteiger partial charge in [0.1, 0.15) is 0 Å². The van der Waals surface area contributed by atoms with Crippen LogP contribution in [0, 0.1) is 0 Å². The largest absolute Gasteiger partial charge is 0.332 e. The lowest BCUT2D eigenvalue weighted by Crippen LogP contribution is -2.33. The van der Waals surface area contributed by atoms with E-state index in [0.29, 0.717) is 23.7 Å². The highest BCUT2D eigenvalue weighted by Crippen LogP contribution is 2.14. The minimum absolute atomic E-state index is 0.148. The summed E-state index contributed by atoms with van der Waals surface area (Å²) in [7, 11) is 0. The van der Waals surface area contributed by atoms with E-state index in [1.165, 1.54) is 0 Å². The molecule has 2 N–H and O–H groups in total. The summed E-state index contributed by atoms with van der Waals surface area (Å²) in [5, 5.41) is 6.29. The van der Waals surface area contributed by atoms with Crippen LogP contribution in [0.5, 0.6) is 0 Å². The smallest absolute Gasteiger partial charge is 0.226 e. The molecule has 0 aliphatic rings. The molecule has 0 aliphatic heterocycles. The molecular formula is C11H12Cl2N2OS. The molecular weight excluding hydrogens is 279 g/mol. The lowest BCUT2D eigenvalue weighted by Gasteiger charge is -2.09. The van der Waals surface area contributed by atoms with Crippen LogP contribution in [-0.2, 0) is 4.79 Å². The van der Waals surface area contributed by atoms with Crippen molar-refractivity contribution >= 4 is 52.1 Å². The molecule has 0 aliphatic carbocycles. The Bertz CT molecular complexity index is 412. The molecule has 0 bridgehead atoms. The summed E-state index contributed by atoms with van der Waals surface area (Å²) < 4.78 is 0. The maximum atomic E-state index is 11.3. The van der Waals surface area contributed by atoms with E-state index in [0.717, 1.165) is 5.69 Å². The monoisotopic (exact) mass is 290 g/mol. The number of hydrogen-bond donors (Lipinski definition) is 2. The number of carbonyl (C=O) groups is 1. The summed E-state index contributed by atoms with van der Waals surface area (Å²) in [4.78, 5) is 11.3. The van der Waals surface area contributed by atoms with Crippen LogP contribution in [0.2, 0.25) is 5.02 Å². The third-order valence-corrected chi connectivity index (χ3v) is 2.58. The third-order valence-electron chi connectivity index (χ3n) is 1.87. The summed E-state index contributed by atoms with van der Waals surface area (Å²) in [5.74, 6) is 0.312. The number of carbonyl (C=O) groups excluding carboxylic acids is 1. The van der Waals surface area contributed by atoms with E-state index in [4.69, 9.17) is 35.4 Å². The average molecular weight is 291 g/mol. The predicted octanol–water partition coefficient (Wildman–Crippen LogP) is 3.17. The Balaban J connectivity index is 2.42. The number of amides is 1. The van der Waals surface area contributed by atoms with Gasteiger partial charge in [-0.15, -0.1) is 11.6 Å². The van der Waals surface area contributed by atoms with Gasteiger partial charge >= 0.3 is 0 Å². The fraction of sp³-hybridized carbons (Fsp3) is 0.273. The quantitative estimate of drug-likeness (QED) is 0.661. The van der Waals surface area contributed by atoms with Crippen molar-refractivity contribution in [3.05, 3.63) is 29.3 Å². The van der Waals surface area contributed by atoms with Gasteiger partial charge in [0.25, 0.3) is 0 Å². The van der Waals surface area contributed by atoms with Gasteiger partial charge in [-0.25, -0.2) is 0 Å². The number of thiocarbonyl (C=S) groups is 1. The van der Waals surface area contributed by atoms with E-state index in [9.17, 15) is 4.79 Å². The van der Waals surface area contributed by atoms with E-state index < -0.39 is 0 Å². The summed E-state index contributed by atoms with van der Waals surface area (Å²) in [6, 6.07) is 7.08. The highest BCUT2D eigenvalue weighted by Gasteiger charge is 2.04. The molecule has 0 atom stereocenters. The summed E-state index contributed by atoms with van der Waals surface area (Å²) in [5.41, 5.74) is 0.736. The molecule has 0 saturated heterocycles. The van der Waals surface area contributed by atoms with Gasteiger partial charge in [-0.1, -0.05) is 17.7 Å². The number of hydrogen-bond acceptors (Lipinski definition) is 2. The molecule has 0 heterocycles. The Labute approximate surface area is 115 Å². The number of anilines is 1. The lowest BCUT2D eigenvalue weighted by molar-refractivity contribution is -0.119. The fourth-order valence-corrected chi connectivity index (χ4v) is 1.70. The molecule has 0 aromatic heterocycles. The molecule has 0 spiro atoms. The Hall–Kier alpha value is -0.840. The first kappa shape index (κ1) is 14.2. The van der Waals surface area contributed by atoms with E-state index in [2.05, 4.69) is 10.6 Å². The fourth-order valence-electron chi connectivity index (χ4n) is 1.15. The summed E-state index contributed by atoms with van der Waals surface area (Å²) in [6.07, 6.45) is 0.994. The van der Waals surface area contributed by atoms with E-state index in [-0.39, 0.29) is 11.0 Å². The van der Waals surface area contributed by atoms with Gasteiger partial charge in [-0.05, 0) is 36.8 Å². The van der Waals surface area contributed by atoms with Crippen LogP contribution in [0.4, 0.5) is 5.69 Å². The Morgan fingerprint density at radius 1 is 1.41 bits per heavy atom. The second kappa shape index (κ2) is 7.48. The number of rotatable bonds is 4. The SMILES string of the molecule is O=C(CCCCl)NC(=S)Nc1cccc(Cl)c1. The van der Waals surface area contributed by atoms with Crippen LogP contribution in [0.15, 0.2) is 24.3 Å². The standard InChI is InChI=1S/C11H12Cl2N2OS/c12-6-2-5-10(16)15-11(17)14-9-4-1-3-8(13)7-9/h1,3-4,7H,2,5-6H2,(H2,14,15,16,17). The first-order valence-electron chi connectivity index (χ1n) is 5.04. The average Bonchev–Trinajstić information content (AvgIpc) is 2.26. The molecule has 1 amide bonds. The highest BCUT2D eigenvalue weighted by atomic mass is 35.5. The van der Waals surface area contributed by atoms with Crippen molar-refractivity contribution in [1.29, 1.82) is 0 Å². The Morgan fingerprint density at radius 3 is 2.82 bits per heavy atom. The van der Waals surface area contributed by atoms with E-state index in [1.807, 2.05) is 6.07 Å². The van der Waals surface area contributed by atoms with Crippen LogP contribution in [0.3, 0.4) is 0 Å². The Kier molecular flexibility index (Phi) is 6.26. The molecule has 0 fully saturated rings. The van der Waals surface area contributed by atoms with Crippen molar-refractivity contribution in [3.8, 4) is 0 Å². The van der Waals surface area contributed by atoms with Gasteiger partial charge in [0.2, 0.25) is 5.91 Å². The van der Waals surface area contributed by atoms with Gasteiger partial charge < -0.3 is 10.6 Å². The van der Waals surface area contributed by atoms with Crippen LogP contribution in [0.25, 0.3) is 0 Å². The zero-order chi connectivity index (χ0) is 12.7. The molecule has 0 radical (unpaired) electrons. The van der Waals surface area contributed by atoms with Crippen LogP contribution >= 0.6 is 35.4 Å². The molecule has 1 aromatic carbocycles. The van der Waals surface area contributed by atoms with Crippen LogP contribution < -0.4 is 10.6 Å². The topological polar surface area (TPSA) is 41.1 Å². The first-order chi connectivity index (χ1) is 8.11. The molecule has 1 aromatic rings.